The molecule has 0 fully saturated rings. The van der Waals surface area contributed by atoms with Gasteiger partial charge in [-0.15, -0.1) is 0 Å². The number of ether oxygens (including phenoxy) is 1. The molecule has 25 heavy (non-hydrogen) atoms. The lowest BCUT2D eigenvalue weighted by atomic mass is 10.0. The van der Waals surface area contributed by atoms with Crippen molar-refractivity contribution in [1.82, 2.24) is 0 Å². The Morgan fingerprint density at radius 1 is 0.920 bits per heavy atom. The summed E-state index contributed by atoms with van der Waals surface area (Å²) in [7, 11) is -2.21. The number of hydrogen-bond donors (Lipinski definition) is 1. The van der Waals surface area contributed by atoms with Gasteiger partial charge in [-0.05, 0) is 48.0 Å². The molecule has 0 aliphatic carbocycles. The minimum absolute atomic E-state index is 0.139. The van der Waals surface area contributed by atoms with E-state index >= 15 is 0 Å². The van der Waals surface area contributed by atoms with Gasteiger partial charge in [-0.2, -0.15) is 0 Å². The first-order valence-electron chi connectivity index (χ1n) is 7.51. The van der Waals surface area contributed by atoms with Crippen molar-refractivity contribution in [2.24, 2.45) is 0 Å². The zero-order valence-corrected chi connectivity index (χ0v) is 14.3. The highest BCUT2D eigenvalue weighted by molar-refractivity contribution is 7.92. The lowest BCUT2D eigenvalue weighted by Crippen LogP contribution is -2.13. The first kappa shape index (κ1) is 17.0. The van der Waals surface area contributed by atoms with Crippen LogP contribution in [0.4, 0.5) is 10.1 Å². The van der Waals surface area contributed by atoms with E-state index in [1.54, 1.807) is 49.6 Å². The minimum Gasteiger partial charge on any atom is -0.497 e. The summed E-state index contributed by atoms with van der Waals surface area (Å²) in [6.07, 6.45) is 0. The zero-order valence-electron chi connectivity index (χ0n) is 13.4. The van der Waals surface area contributed by atoms with Gasteiger partial charge < -0.3 is 4.74 Å². The number of benzene rings is 3. The zero-order chi connectivity index (χ0) is 17.9. The Bertz CT molecular complexity index is 971. The molecule has 0 bridgehead atoms. The van der Waals surface area contributed by atoms with E-state index < -0.39 is 15.8 Å². The summed E-state index contributed by atoms with van der Waals surface area (Å²) in [4.78, 5) is 0.139. The molecule has 0 spiro atoms. The number of sulfonamides is 1. The molecule has 0 radical (unpaired) electrons. The van der Waals surface area contributed by atoms with Crippen molar-refractivity contribution in [3.8, 4) is 16.9 Å². The third kappa shape index (κ3) is 3.80. The van der Waals surface area contributed by atoms with Gasteiger partial charge in [-0.1, -0.05) is 30.3 Å². The highest BCUT2D eigenvalue weighted by Gasteiger charge is 2.16. The standard InChI is InChI=1S/C19H16FNO3S/c1-24-16-10-7-14(8-11-16)18-13-15(20)9-12-19(18)21-25(22,23)17-5-3-2-4-6-17/h2-13,21H,1H3. The number of nitrogens with one attached hydrogen (secondary N) is 1. The summed E-state index contributed by atoms with van der Waals surface area (Å²) >= 11 is 0. The van der Waals surface area contributed by atoms with Crippen LogP contribution in [0.5, 0.6) is 5.75 Å². The van der Waals surface area contributed by atoms with E-state index in [1.807, 2.05) is 0 Å². The van der Waals surface area contributed by atoms with Crippen LogP contribution >= 0.6 is 0 Å². The summed E-state index contributed by atoms with van der Waals surface area (Å²) in [5.74, 6) is 0.208. The molecule has 0 aliphatic heterocycles. The van der Waals surface area contributed by atoms with Crippen molar-refractivity contribution in [2.75, 3.05) is 11.8 Å². The molecule has 0 aliphatic rings. The predicted octanol–water partition coefficient (Wildman–Crippen LogP) is 4.30. The van der Waals surface area contributed by atoms with Gasteiger partial charge in [0.05, 0.1) is 17.7 Å². The van der Waals surface area contributed by atoms with E-state index in [9.17, 15) is 12.8 Å². The van der Waals surface area contributed by atoms with Crippen LogP contribution in [0.3, 0.4) is 0 Å². The molecule has 128 valence electrons. The first-order valence-corrected chi connectivity index (χ1v) is 9.00. The Kier molecular flexibility index (Phi) is 4.72. The van der Waals surface area contributed by atoms with Crippen LogP contribution in [0.1, 0.15) is 0 Å². The van der Waals surface area contributed by atoms with Crippen molar-refractivity contribution >= 4 is 15.7 Å². The quantitative estimate of drug-likeness (QED) is 0.741. The first-order chi connectivity index (χ1) is 12.0. The average Bonchev–Trinajstić information content (AvgIpc) is 2.64. The molecule has 3 rings (SSSR count). The topological polar surface area (TPSA) is 55.4 Å². The van der Waals surface area contributed by atoms with Crippen LogP contribution in [0, 0.1) is 5.82 Å². The number of anilines is 1. The fourth-order valence-corrected chi connectivity index (χ4v) is 3.52. The highest BCUT2D eigenvalue weighted by atomic mass is 32.2. The smallest absolute Gasteiger partial charge is 0.261 e. The normalized spacial score (nSPS) is 11.1. The minimum atomic E-state index is -3.77. The molecule has 0 heterocycles. The molecule has 0 saturated carbocycles. The SMILES string of the molecule is COc1ccc(-c2cc(F)ccc2NS(=O)(=O)c2ccccc2)cc1. The highest BCUT2D eigenvalue weighted by Crippen LogP contribution is 2.31. The monoisotopic (exact) mass is 357 g/mol. The second kappa shape index (κ2) is 6.94. The molecule has 0 amide bonds. The molecule has 0 saturated heterocycles. The maximum atomic E-state index is 13.7. The Balaban J connectivity index is 2.02. The Morgan fingerprint density at radius 3 is 2.24 bits per heavy atom. The predicted molar refractivity (Wildman–Crippen MR) is 95.6 cm³/mol. The molecular weight excluding hydrogens is 341 g/mol. The Morgan fingerprint density at radius 2 is 1.60 bits per heavy atom. The van der Waals surface area contributed by atoms with E-state index in [1.165, 1.54) is 30.3 Å². The van der Waals surface area contributed by atoms with Crippen LogP contribution in [-0.4, -0.2) is 15.5 Å². The maximum absolute atomic E-state index is 13.7. The third-order valence-corrected chi connectivity index (χ3v) is 5.06. The van der Waals surface area contributed by atoms with E-state index in [-0.39, 0.29) is 4.90 Å². The molecule has 4 nitrogen and oxygen atoms in total. The van der Waals surface area contributed by atoms with Crippen LogP contribution in [0.15, 0.2) is 77.7 Å². The van der Waals surface area contributed by atoms with Gasteiger partial charge in [0, 0.05) is 5.56 Å². The third-order valence-electron chi connectivity index (χ3n) is 3.68. The Labute approximate surface area is 146 Å². The van der Waals surface area contributed by atoms with E-state index in [4.69, 9.17) is 4.74 Å². The van der Waals surface area contributed by atoms with Gasteiger partial charge in [0.15, 0.2) is 0 Å². The molecule has 3 aromatic rings. The molecule has 6 heteroatoms. The second-order valence-electron chi connectivity index (χ2n) is 5.34. The molecule has 0 unspecified atom stereocenters. The largest absolute Gasteiger partial charge is 0.497 e. The van der Waals surface area contributed by atoms with E-state index in [0.717, 1.165) is 0 Å². The van der Waals surface area contributed by atoms with Crippen molar-refractivity contribution in [1.29, 1.82) is 0 Å². The molecule has 0 atom stereocenters. The van der Waals surface area contributed by atoms with Gasteiger partial charge in [0.2, 0.25) is 0 Å². The summed E-state index contributed by atoms with van der Waals surface area (Å²) in [6.45, 7) is 0. The fraction of sp³-hybridized carbons (Fsp3) is 0.0526. The van der Waals surface area contributed by atoms with Gasteiger partial charge in [0.1, 0.15) is 11.6 Å². The summed E-state index contributed by atoms with van der Waals surface area (Å²) in [5, 5.41) is 0. The van der Waals surface area contributed by atoms with Gasteiger partial charge in [-0.25, -0.2) is 12.8 Å². The van der Waals surface area contributed by atoms with Crippen LogP contribution in [-0.2, 0) is 10.0 Å². The number of methoxy groups -OCH3 is 1. The number of hydrogen-bond acceptors (Lipinski definition) is 3. The lowest BCUT2D eigenvalue weighted by Gasteiger charge is -2.13. The number of rotatable bonds is 5. The summed E-state index contributed by atoms with van der Waals surface area (Å²) in [5.41, 5.74) is 1.42. The summed E-state index contributed by atoms with van der Waals surface area (Å²) in [6, 6.07) is 18.9. The van der Waals surface area contributed by atoms with E-state index in [2.05, 4.69) is 4.72 Å². The average molecular weight is 357 g/mol. The van der Waals surface area contributed by atoms with Crippen LogP contribution in [0.25, 0.3) is 11.1 Å². The molecule has 1 N–H and O–H groups in total. The van der Waals surface area contributed by atoms with Gasteiger partial charge >= 0.3 is 0 Å². The van der Waals surface area contributed by atoms with Crippen molar-refractivity contribution < 1.29 is 17.5 Å². The van der Waals surface area contributed by atoms with Gasteiger partial charge in [-0.3, -0.25) is 4.72 Å². The van der Waals surface area contributed by atoms with Crippen molar-refractivity contribution in [3.05, 3.63) is 78.6 Å². The van der Waals surface area contributed by atoms with Crippen LogP contribution in [0.2, 0.25) is 0 Å². The Hall–Kier alpha value is -2.86. The second-order valence-corrected chi connectivity index (χ2v) is 7.02. The molecule has 0 aromatic heterocycles. The molecular formula is C19H16FNO3S. The lowest BCUT2D eigenvalue weighted by molar-refractivity contribution is 0.415. The number of halogens is 1. The van der Waals surface area contributed by atoms with Gasteiger partial charge in [0.25, 0.3) is 10.0 Å². The fourth-order valence-electron chi connectivity index (χ4n) is 2.42. The van der Waals surface area contributed by atoms with Crippen LogP contribution < -0.4 is 9.46 Å². The van der Waals surface area contributed by atoms with Crippen molar-refractivity contribution in [2.45, 2.75) is 4.90 Å². The van der Waals surface area contributed by atoms with Crippen molar-refractivity contribution in [3.63, 3.8) is 0 Å². The van der Waals surface area contributed by atoms with E-state index in [0.29, 0.717) is 22.6 Å². The molecule has 3 aromatic carbocycles. The summed E-state index contributed by atoms with van der Waals surface area (Å²) < 4.78 is 46.5. The maximum Gasteiger partial charge on any atom is 0.261 e.